The third kappa shape index (κ3) is 4.18. The molecular weight excluding hydrogens is 286 g/mol. The predicted octanol–water partition coefficient (Wildman–Crippen LogP) is 1.80. The van der Waals surface area contributed by atoms with Gasteiger partial charge in [-0.05, 0) is 44.1 Å². The number of hydrogen-bond acceptors (Lipinski definition) is 3. The van der Waals surface area contributed by atoms with Crippen molar-refractivity contribution in [2.75, 3.05) is 26.2 Å². The molecule has 2 N–H and O–H groups in total. The zero-order valence-electron chi connectivity index (χ0n) is 13.5. The first-order chi connectivity index (χ1) is 9.95. The quantitative estimate of drug-likeness (QED) is 0.812. The van der Waals surface area contributed by atoms with Crippen molar-refractivity contribution in [1.82, 2.24) is 8.61 Å². The van der Waals surface area contributed by atoms with Crippen LogP contribution in [-0.2, 0) is 10.2 Å². The minimum Gasteiger partial charge on any atom is -0.330 e. The zero-order chi connectivity index (χ0) is 15.5. The second-order valence-corrected chi connectivity index (χ2v) is 8.87. The third-order valence-electron chi connectivity index (χ3n) is 4.81. The average molecular weight is 317 g/mol. The van der Waals surface area contributed by atoms with Gasteiger partial charge in [0.1, 0.15) is 0 Å². The molecule has 21 heavy (non-hydrogen) atoms. The number of rotatable bonds is 6. The lowest BCUT2D eigenvalue weighted by Gasteiger charge is -2.37. The van der Waals surface area contributed by atoms with Crippen LogP contribution in [0.15, 0.2) is 0 Å². The fourth-order valence-corrected chi connectivity index (χ4v) is 5.55. The summed E-state index contributed by atoms with van der Waals surface area (Å²) in [7, 11) is -3.31. The maximum absolute atomic E-state index is 13.0. The standard InChI is InChI=1S/C15H31N3O2S/c1-13(2)12-18(15-5-3-4-6-15)21(19,20)17-9-7-14(11-16)8-10-17/h13-15H,3-12,16H2,1-2H3. The summed E-state index contributed by atoms with van der Waals surface area (Å²) in [5, 5.41) is 0. The van der Waals surface area contributed by atoms with Crippen LogP contribution in [0.1, 0.15) is 52.4 Å². The summed E-state index contributed by atoms with van der Waals surface area (Å²) in [6.07, 6.45) is 6.15. The lowest BCUT2D eigenvalue weighted by atomic mass is 9.99. The molecule has 1 aliphatic heterocycles. The Balaban J connectivity index is 2.09. The minimum absolute atomic E-state index is 0.213. The highest BCUT2D eigenvalue weighted by Gasteiger charge is 2.37. The van der Waals surface area contributed by atoms with Gasteiger partial charge in [0, 0.05) is 25.7 Å². The summed E-state index contributed by atoms with van der Waals surface area (Å²) in [4.78, 5) is 0. The van der Waals surface area contributed by atoms with Gasteiger partial charge in [-0.1, -0.05) is 26.7 Å². The fourth-order valence-electron chi connectivity index (χ4n) is 3.51. The second kappa shape index (κ2) is 7.40. The van der Waals surface area contributed by atoms with Gasteiger partial charge in [-0.25, -0.2) is 0 Å². The van der Waals surface area contributed by atoms with E-state index in [-0.39, 0.29) is 6.04 Å². The van der Waals surface area contributed by atoms with Crippen LogP contribution in [-0.4, -0.2) is 49.2 Å². The molecule has 0 amide bonds. The fraction of sp³-hybridized carbons (Fsp3) is 1.00. The Hall–Kier alpha value is -0.170. The van der Waals surface area contributed by atoms with Gasteiger partial charge in [0.2, 0.25) is 0 Å². The maximum atomic E-state index is 13.0. The van der Waals surface area contributed by atoms with E-state index in [0.717, 1.165) is 38.5 Å². The molecule has 2 rings (SSSR count). The van der Waals surface area contributed by atoms with Crippen LogP contribution in [0, 0.1) is 11.8 Å². The molecule has 1 saturated heterocycles. The highest BCUT2D eigenvalue weighted by Crippen LogP contribution is 2.29. The van der Waals surface area contributed by atoms with E-state index in [2.05, 4.69) is 13.8 Å². The Bertz CT molecular complexity index is 411. The van der Waals surface area contributed by atoms with Crippen molar-refractivity contribution in [3.05, 3.63) is 0 Å². The van der Waals surface area contributed by atoms with E-state index in [1.165, 1.54) is 0 Å². The monoisotopic (exact) mass is 317 g/mol. The van der Waals surface area contributed by atoms with Crippen LogP contribution >= 0.6 is 0 Å². The molecule has 0 aromatic carbocycles. The van der Waals surface area contributed by atoms with Gasteiger partial charge < -0.3 is 5.73 Å². The van der Waals surface area contributed by atoms with Crippen molar-refractivity contribution in [3.8, 4) is 0 Å². The molecule has 5 nitrogen and oxygen atoms in total. The van der Waals surface area contributed by atoms with E-state index >= 15 is 0 Å². The minimum atomic E-state index is -3.31. The van der Waals surface area contributed by atoms with Gasteiger partial charge in [-0.15, -0.1) is 0 Å². The highest BCUT2D eigenvalue weighted by molar-refractivity contribution is 7.86. The third-order valence-corrected chi connectivity index (χ3v) is 6.86. The average Bonchev–Trinajstić information content (AvgIpc) is 2.98. The smallest absolute Gasteiger partial charge is 0.282 e. The number of nitrogens with zero attached hydrogens (tertiary/aromatic N) is 2. The molecule has 0 unspecified atom stereocenters. The molecule has 0 aromatic rings. The van der Waals surface area contributed by atoms with E-state index in [1.54, 1.807) is 8.61 Å². The molecule has 1 saturated carbocycles. The first-order valence-electron chi connectivity index (χ1n) is 8.42. The Kier molecular flexibility index (Phi) is 6.05. The molecule has 0 spiro atoms. The molecule has 0 radical (unpaired) electrons. The summed E-state index contributed by atoms with van der Waals surface area (Å²) in [5.74, 6) is 0.850. The van der Waals surface area contributed by atoms with Gasteiger partial charge >= 0.3 is 0 Å². The number of hydrogen-bond donors (Lipinski definition) is 1. The molecule has 0 aromatic heterocycles. The molecular formula is C15H31N3O2S. The molecule has 1 heterocycles. The van der Waals surface area contributed by atoms with Crippen molar-refractivity contribution in [1.29, 1.82) is 0 Å². The van der Waals surface area contributed by atoms with Gasteiger partial charge in [0.25, 0.3) is 10.2 Å². The first-order valence-corrected chi connectivity index (χ1v) is 9.81. The van der Waals surface area contributed by atoms with Crippen LogP contribution in [0.3, 0.4) is 0 Å². The van der Waals surface area contributed by atoms with Gasteiger partial charge in [0.05, 0.1) is 0 Å². The van der Waals surface area contributed by atoms with Crippen LogP contribution in [0.2, 0.25) is 0 Å². The molecule has 6 heteroatoms. The molecule has 124 valence electrons. The topological polar surface area (TPSA) is 66.6 Å². The van der Waals surface area contributed by atoms with Crippen molar-refractivity contribution in [2.45, 2.75) is 58.4 Å². The number of nitrogens with two attached hydrogens (primary N) is 1. The zero-order valence-corrected chi connectivity index (χ0v) is 14.3. The Morgan fingerprint density at radius 3 is 2.19 bits per heavy atom. The van der Waals surface area contributed by atoms with Gasteiger partial charge in [-0.2, -0.15) is 17.0 Å². The lowest BCUT2D eigenvalue weighted by molar-refractivity contribution is 0.229. The second-order valence-electron chi connectivity index (χ2n) is 6.99. The Morgan fingerprint density at radius 1 is 1.14 bits per heavy atom. The Morgan fingerprint density at radius 2 is 1.71 bits per heavy atom. The molecule has 1 aliphatic carbocycles. The summed E-state index contributed by atoms with van der Waals surface area (Å²) in [6.45, 7) is 6.77. The lowest BCUT2D eigenvalue weighted by Crippen LogP contribution is -2.51. The van der Waals surface area contributed by atoms with Crippen LogP contribution < -0.4 is 5.73 Å². The van der Waals surface area contributed by atoms with Crippen molar-refractivity contribution < 1.29 is 8.42 Å². The van der Waals surface area contributed by atoms with E-state index in [4.69, 9.17) is 5.73 Å². The number of piperidine rings is 1. The summed E-state index contributed by atoms with van der Waals surface area (Å²) in [5.41, 5.74) is 5.70. The van der Waals surface area contributed by atoms with Crippen molar-refractivity contribution in [2.24, 2.45) is 17.6 Å². The van der Waals surface area contributed by atoms with Gasteiger partial charge in [-0.3, -0.25) is 0 Å². The summed E-state index contributed by atoms with van der Waals surface area (Å²) in [6, 6.07) is 0.213. The summed E-state index contributed by atoms with van der Waals surface area (Å²) < 4.78 is 29.5. The van der Waals surface area contributed by atoms with E-state index in [0.29, 0.717) is 38.0 Å². The highest BCUT2D eigenvalue weighted by atomic mass is 32.2. The van der Waals surface area contributed by atoms with Crippen LogP contribution in [0.25, 0.3) is 0 Å². The summed E-state index contributed by atoms with van der Waals surface area (Å²) >= 11 is 0. The SMILES string of the molecule is CC(C)CN(C1CCCC1)S(=O)(=O)N1CCC(CN)CC1. The van der Waals surface area contributed by atoms with Gasteiger partial charge in [0.15, 0.2) is 0 Å². The Labute approximate surface area is 130 Å². The van der Waals surface area contributed by atoms with E-state index in [9.17, 15) is 8.42 Å². The molecule has 2 aliphatic rings. The van der Waals surface area contributed by atoms with E-state index < -0.39 is 10.2 Å². The predicted molar refractivity (Wildman–Crippen MR) is 86.1 cm³/mol. The molecule has 0 bridgehead atoms. The van der Waals surface area contributed by atoms with Crippen molar-refractivity contribution >= 4 is 10.2 Å². The maximum Gasteiger partial charge on any atom is 0.282 e. The normalized spacial score (nSPS) is 23.5. The molecule has 2 fully saturated rings. The largest absolute Gasteiger partial charge is 0.330 e. The first kappa shape index (κ1) is 17.2. The van der Waals surface area contributed by atoms with Crippen molar-refractivity contribution in [3.63, 3.8) is 0 Å². The van der Waals surface area contributed by atoms with Crippen LogP contribution in [0.4, 0.5) is 0 Å². The molecule has 0 atom stereocenters. The van der Waals surface area contributed by atoms with E-state index in [1.807, 2.05) is 0 Å². The van der Waals surface area contributed by atoms with Crippen LogP contribution in [0.5, 0.6) is 0 Å².